The highest BCUT2D eigenvalue weighted by atomic mass is 16.3. The van der Waals surface area contributed by atoms with Crippen LogP contribution in [0.15, 0.2) is 36.5 Å². The van der Waals surface area contributed by atoms with E-state index in [0.29, 0.717) is 6.42 Å². The van der Waals surface area contributed by atoms with E-state index in [1.54, 1.807) is 6.08 Å². The normalized spacial score (nSPS) is 13.4. The Kier molecular flexibility index (Phi) is 56.9. The van der Waals surface area contributed by atoms with Gasteiger partial charge in [0, 0.05) is 0 Å². The van der Waals surface area contributed by atoms with Crippen LogP contribution in [0.1, 0.15) is 335 Å². The Morgan fingerprint density at radius 3 is 0.941 bits per heavy atom. The second kappa shape index (κ2) is 58.1. The zero-order chi connectivity index (χ0) is 49.3. The number of carbonyl (C=O) groups is 1. The number of hydrogen-bond donors (Lipinski definition) is 4. The molecule has 0 aliphatic carbocycles. The van der Waals surface area contributed by atoms with Gasteiger partial charge >= 0.3 is 0 Å². The molecule has 0 bridgehead atoms. The standard InChI is InChI=1S/C63H121NO4/c1-3-5-7-9-11-13-15-17-19-21-23-25-27-28-29-30-31-32-33-35-36-38-40-42-44-46-48-50-52-54-56-60(66)58-63(68)64-61(59-65)62(67)57-55-53-51-49-47-45-43-41-39-37-34-26-24-22-20-18-16-14-12-10-8-6-4-2/h28-29,47,49,55,57,60-62,65-67H,3-27,30-46,48,50-54,56,58-59H2,1-2H3,(H,64,68)/b29-28-,49-47+,57-55+. The van der Waals surface area contributed by atoms with Crippen molar-refractivity contribution in [2.24, 2.45) is 0 Å². The van der Waals surface area contributed by atoms with Crippen LogP contribution in [-0.4, -0.2) is 46.1 Å². The number of hydrogen-bond acceptors (Lipinski definition) is 4. The summed E-state index contributed by atoms with van der Waals surface area (Å²) in [6.45, 7) is 4.24. The molecule has 0 aliphatic heterocycles. The molecular weight excluding hydrogens is 835 g/mol. The predicted molar refractivity (Wildman–Crippen MR) is 301 cm³/mol. The molecule has 1 amide bonds. The largest absolute Gasteiger partial charge is 0.394 e. The van der Waals surface area contributed by atoms with Crippen molar-refractivity contribution < 1.29 is 20.1 Å². The summed E-state index contributed by atoms with van der Waals surface area (Å²) < 4.78 is 0. The fourth-order valence-electron chi connectivity index (χ4n) is 9.71. The van der Waals surface area contributed by atoms with Crippen molar-refractivity contribution in [3.05, 3.63) is 36.5 Å². The second-order valence-corrected chi connectivity index (χ2v) is 21.3. The minimum Gasteiger partial charge on any atom is -0.394 e. The van der Waals surface area contributed by atoms with Gasteiger partial charge < -0.3 is 20.6 Å². The maximum atomic E-state index is 12.5. The van der Waals surface area contributed by atoms with E-state index in [0.717, 1.165) is 32.1 Å². The molecule has 0 spiro atoms. The summed E-state index contributed by atoms with van der Waals surface area (Å²) in [5.41, 5.74) is 0. The summed E-state index contributed by atoms with van der Waals surface area (Å²) in [4.78, 5) is 12.5. The lowest BCUT2D eigenvalue weighted by Gasteiger charge is -2.21. The predicted octanol–water partition coefficient (Wildman–Crippen LogP) is 19.4. The maximum absolute atomic E-state index is 12.5. The molecule has 4 N–H and O–H groups in total. The van der Waals surface area contributed by atoms with E-state index in [1.165, 1.54) is 276 Å². The Morgan fingerprint density at radius 1 is 0.368 bits per heavy atom. The van der Waals surface area contributed by atoms with Crippen molar-refractivity contribution in [1.29, 1.82) is 0 Å². The molecule has 0 aliphatic rings. The van der Waals surface area contributed by atoms with E-state index in [1.807, 2.05) is 6.08 Å². The van der Waals surface area contributed by atoms with Gasteiger partial charge in [-0.1, -0.05) is 307 Å². The van der Waals surface area contributed by atoms with Crippen molar-refractivity contribution in [2.75, 3.05) is 6.61 Å². The van der Waals surface area contributed by atoms with E-state index >= 15 is 0 Å². The van der Waals surface area contributed by atoms with E-state index < -0.39 is 18.2 Å². The Balaban J connectivity index is 3.55. The molecule has 5 heteroatoms. The molecular formula is C63H121NO4. The first-order valence-electron chi connectivity index (χ1n) is 30.8. The Morgan fingerprint density at radius 2 is 0.632 bits per heavy atom. The van der Waals surface area contributed by atoms with Crippen LogP contribution in [0.4, 0.5) is 0 Å². The quantitative estimate of drug-likeness (QED) is 0.0361. The van der Waals surface area contributed by atoms with Crippen molar-refractivity contribution in [3.63, 3.8) is 0 Å². The lowest BCUT2D eigenvalue weighted by atomic mass is 10.0. The summed E-state index contributed by atoms with van der Waals surface area (Å²) in [6.07, 6.45) is 76.5. The summed E-state index contributed by atoms with van der Waals surface area (Å²) in [5.74, 6) is -0.320. The van der Waals surface area contributed by atoms with Crippen LogP contribution in [0.3, 0.4) is 0 Å². The molecule has 0 rings (SSSR count). The van der Waals surface area contributed by atoms with E-state index in [4.69, 9.17) is 0 Å². The minimum atomic E-state index is -0.953. The van der Waals surface area contributed by atoms with Crippen LogP contribution in [0, 0.1) is 0 Å². The molecule has 402 valence electrons. The Bertz CT molecular complexity index is 1060. The number of carbonyl (C=O) groups excluding carboxylic acids is 1. The number of aliphatic hydroxyl groups is 3. The summed E-state index contributed by atoms with van der Waals surface area (Å²) in [6, 6.07) is -0.762. The van der Waals surface area contributed by atoms with Gasteiger partial charge in [-0.15, -0.1) is 0 Å². The van der Waals surface area contributed by atoms with Gasteiger partial charge in [-0.05, 0) is 57.8 Å². The number of aliphatic hydroxyl groups excluding tert-OH is 3. The number of nitrogens with one attached hydrogen (secondary N) is 1. The van der Waals surface area contributed by atoms with Crippen LogP contribution in [0.5, 0.6) is 0 Å². The topological polar surface area (TPSA) is 89.8 Å². The first kappa shape index (κ1) is 66.6. The van der Waals surface area contributed by atoms with Gasteiger partial charge in [0.25, 0.3) is 0 Å². The zero-order valence-electron chi connectivity index (χ0n) is 46.0. The fraction of sp³-hybridized carbons (Fsp3) is 0.889. The van der Waals surface area contributed by atoms with E-state index in [-0.39, 0.29) is 18.9 Å². The van der Waals surface area contributed by atoms with Gasteiger partial charge in [-0.2, -0.15) is 0 Å². The van der Waals surface area contributed by atoms with E-state index in [2.05, 4.69) is 43.5 Å². The highest BCUT2D eigenvalue weighted by Crippen LogP contribution is 2.18. The molecule has 0 saturated heterocycles. The third-order valence-electron chi connectivity index (χ3n) is 14.4. The summed E-state index contributed by atoms with van der Waals surface area (Å²) in [7, 11) is 0. The smallest absolute Gasteiger partial charge is 0.222 e. The average Bonchev–Trinajstić information content (AvgIpc) is 3.33. The van der Waals surface area contributed by atoms with Gasteiger partial charge in [0.1, 0.15) is 0 Å². The SMILES string of the molecule is CCCCCCCCCCCCCC/C=C\CCCCCCCCCCCCCCCCC(O)CC(=O)NC(CO)C(O)/C=C/CC/C=C/CCCCCCCCCCCCCCCCCCC. The lowest BCUT2D eigenvalue weighted by Crippen LogP contribution is -2.45. The molecule has 0 aromatic rings. The molecule has 0 radical (unpaired) electrons. The second-order valence-electron chi connectivity index (χ2n) is 21.3. The van der Waals surface area contributed by atoms with Crippen LogP contribution < -0.4 is 5.32 Å². The lowest BCUT2D eigenvalue weighted by molar-refractivity contribution is -0.124. The molecule has 0 saturated carbocycles. The minimum absolute atomic E-state index is 0.00801. The molecule has 3 unspecified atom stereocenters. The molecule has 0 heterocycles. The van der Waals surface area contributed by atoms with Crippen LogP contribution in [0.25, 0.3) is 0 Å². The first-order valence-corrected chi connectivity index (χ1v) is 30.8. The number of unbranched alkanes of at least 4 members (excludes halogenated alkanes) is 44. The molecule has 5 nitrogen and oxygen atoms in total. The molecule has 68 heavy (non-hydrogen) atoms. The Hall–Kier alpha value is -1.43. The van der Waals surface area contributed by atoms with Gasteiger partial charge in [0.2, 0.25) is 5.91 Å². The highest BCUT2D eigenvalue weighted by molar-refractivity contribution is 5.76. The molecule has 0 aromatic carbocycles. The first-order chi connectivity index (χ1) is 33.5. The van der Waals surface area contributed by atoms with Crippen molar-refractivity contribution >= 4 is 5.91 Å². The van der Waals surface area contributed by atoms with Crippen molar-refractivity contribution in [2.45, 2.75) is 353 Å². The van der Waals surface area contributed by atoms with Crippen LogP contribution >= 0.6 is 0 Å². The van der Waals surface area contributed by atoms with Gasteiger partial charge in [0.15, 0.2) is 0 Å². The molecule has 0 aromatic heterocycles. The van der Waals surface area contributed by atoms with Crippen molar-refractivity contribution in [1.82, 2.24) is 5.32 Å². The summed E-state index contributed by atoms with van der Waals surface area (Å²) >= 11 is 0. The number of allylic oxidation sites excluding steroid dienone is 5. The summed E-state index contributed by atoms with van der Waals surface area (Å²) in [5, 5.41) is 33.5. The van der Waals surface area contributed by atoms with Gasteiger partial charge in [0.05, 0.1) is 31.3 Å². The molecule has 3 atom stereocenters. The highest BCUT2D eigenvalue weighted by Gasteiger charge is 2.20. The maximum Gasteiger partial charge on any atom is 0.222 e. The van der Waals surface area contributed by atoms with Crippen LogP contribution in [-0.2, 0) is 4.79 Å². The number of rotatable bonds is 57. The zero-order valence-corrected chi connectivity index (χ0v) is 46.0. The van der Waals surface area contributed by atoms with Crippen LogP contribution in [0.2, 0.25) is 0 Å². The third-order valence-corrected chi connectivity index (χ3v) is 14.4. The van der Waals surface area contributed by atoms with E-state index in [9.17, 15) is 20.1 Å². The van der Waals surface area contributed by atoms with Gasteiger partial charge in [-0.25, -0.2) is 0 Å². The fourth-order valence-corrected chi connectivity index (χ4v) is 9.71. The Labute approximate surface area is 425 Å². The van der Waals surface area contributed by atoms with Gasteiger partial charge in [-0.3, -0.25) is 4.79 Å². The average molecular weight is 957 g/mol. The third kappa shape index (κ3) is 53.9. The monoisotopic (exact) mass is 956 g/mol. The van der Waals surface area contributed by atoms with Crippen molar-refractivity contribution in [3.8, 4) is 0 Å². The molecule has 0 fully saturated rings. The number of amides is 1.